The average molecular weight is 236 g/mol. The molecule has 0 saturated heterocycles. The molecule has 1 aliphatic carbocycles. The molecule has 1 heterocycles. The van der Waals surface area contributed by atoms with Gasteiger partial charge in [-0.15, -0.1) is 0 Å². The van der Waals surface area contributed by atoms with Crippen LogP contribution in [0.1, 0.15) is 48.7 Å². The van der Waals surface area contributed by atoms with E-state index >= 15 is 0 Å². The van der Waals surface area contributed by atoms with Crippen molar-refractivity contribution in [2.75, 3.05) is 0 Å². The van der Waals surface area contributed by atoms with Crippen LogP contribution in [-0.4, -0.2) is 21.0 Å². The summed E-state index contributed by atoms with van der Waals surface area (Å²) in [6.45, 7) is 1.73. The van der Waals surface area contributed by atoms with Crippen LogP contribution in [0.4, 0.5) is 0 Å². The summed E-state index contributed by atoms with van der Waals surface area (Å²) in [6, 6.07) is 0. The number of aryl methyl sites for hydroxylation is 1. The molecule has 5 heteroatoms. The number of carboxylic acid groups (broad SMARTS) is 1. The Bertz CT molecular complexity index is 489. The highest BCUT2D eigenvalue weighted by atomic mass is 16.4. The summed E-state index contributed by atoms with van der Waals surface area (Å²) in [5, 5.41) is 8.58. The van der Waals surface area contributed by atoms with E-state index in [9.17, 15) is 9.59 Å². The second-order valence-corrected chi connectivity index (χ2v) is 4.54. The predicted octanol–water partition coefficient (Wildman–Crippen LogP) is 1.36. The van der Waals surface area contributed by atoms with Gasteiger partial charge >= 0.3 is 5.97 Å². The van der Waals surface area contributed by atoms with Gasteiger partial charge in [0.15, 0.2) is 0 Å². The zero-order valence-corrected chi connectivity index (χ0v) is 9.82. The van der Waals surface area contributed by atoms with Crippen LogP contribution in [0.15, 0.2) is 4.79 Å². The van der Waals surface area contributed by atoms with Gasteiger partial charge in [0.05, 0.1) is 5.69 Å². The minimum atomic E-state index is -0.810. The third-order valence-corrected chi connectivity index (χ3v) is 3.04. The van der Waals surface area contributed by atoms with E-state index in [-0.39, 0.29) is 12.0 Å². The monoisotopic (exact) mass is 236 g/mol. The summed E-state index contributed by atoms with van der Waals surface area (Å²) in [5.41, 5.74) is 1.27. The maximum absolute atomic E-state index is 11.7. The molecule has 1 aromatic heterocycles. The Morgan fingerprint density at radius 2 is 2.24 bits per heavy atom. The van der Waals surface area contributed by atoms with Crippen molar-refractivity contribution in [1.82, 2.24) is 9.97 Å². The fourth-order valence-corrected chi connectivity index (χ4v) is 1.80. The molecule has 0 bridgehead atoms. The van der Waals surface area contributed by atoms with E-state index in [4.69, 9.17) is 5.11 Å². The van der Waals surface area contributed by atoms with Crippen molar-refractivity contribution in [2.24, 2.45) is 0 Å². The van der Waals surface area contributed by atoms with Gasteiger partial charge in [0.25, 0.3) is 5.56 Å². The Kier molecular flexibility index (Phi) is 3.26. The maximum Gasteiger partial charge on any atom is 0.303 e. The first kappa shape index (κ1) is 11.8. The van der Waals surface area contributed by atoms with E-state index in [1.54, 1.807) is 6.92 Å². The number of aromatic nitrogens is 2. The third-order valence-electron chi connectivity index (χ3n) is 3.04. The molecule has 0 aromatic carbocycles. The molecule has 1 aromatic rings. The molecule has 0 unspecified atom stereocenters. The van der Waals surface area contributed by atoms with Crippen LogP contribution < -0.4 is 5.56 Å². The Labute approximate surface area is 98.9 Å². The highest BCUT2D eigenvalue weighted by Gasteiger charge is 2.26. The van der Waals surface area contributed by atoms with Crippen LogP contribution in [0, 0.1) is 6.92 Å². The zero-order valence-electron chi connectivity index (χ0n) is 9.82. The van der Waals surface area contributed by atoms with Crippen LogP contribution in [0.3, 0.4) is 0 Å². The quantitative estimate of drug-likeness (QED) is 0.808. The van der Waals surface area contributed by atoms with Crippen LogP contribution >= 0.6 is 0 Å². The van der Waals surface area contributed by atoms with Crippen LogP contribution in [0.25, 0.3) is 0 Å². The lowest BCUT2D eigenvalue weighted by Gasteiger charge is -2.06. The zero-order chi connectivity index (χ0) is 12.4. The normalized spacial score (nSPS) is 14.9. The van der Waals surface area contributed by atoms with Crippen LogP contribution in [0.2, 0.25) is 0 Å². The first-order chi connectivity index (χ1) is 8.08. The summed E-state index contributed by atoms with van der Waals surface area (Å²) in [5.74, 6) is 0.363. The smallest absolute Gasteiger partial charge is 0.303 e. The van der Waals surface area contributed by atoms with Crippen molar-refractivity contribution in [3.05, 3.63) is 27.4 Å². The number of H-pyrrole nitrogens is 1. The number of hydrogen-bond donors (Lipinski definition) is 2. The molecule has 0 radical (unpaired) electrons. The molecule has 1 fully saturated rings. The molecular formula is C12H16N2O3. The number of nitrogens with one attached hydrogen (secondary N) is 1. The fraction of sp³-hybridized carbons (Fsp3) is 0.583. The lowest BCUT2D eigenvalue weighted by atomic mass is 10.1. The van der Waals surface area contributed by atoms with Gasteiger partial charge < -0.3 is 10.1 Å². The van der Waals surface area contributed by atoms with Crippen molar-refractivity contribution >= 4 is 5.97 Å². The topological polar surface area (TPSA) is 83.0 Å². The van der Waals surface area contributed by atoms with Crippen molar-refractivity contribution < 1.29 is 9.90 Å². The molecule has 2 N–H and O–H groups in total. The van der Waals surface area contributed by atoms with Gasteiger partial charge in [0.1, 0.15) is 5.82 Å². The minimum Gasteiger partial charge on any atom is -0.481 e. The molecule has 2 rings (SSSR count). The van der Waals surface area contributed by atoms with E-state index < -0.39 is 5.97 Å². The second kappa shape index (κ2) is 4.69. The molecule has 92 valence electrons. The van der Waals surface area contributed by atoms with Crippen molar-refractivity contribution in [2.45, 2.75) is 44.9 Å². The molecule has 0 amide bonds. The molecule has 17 heavy (non-hydrogen) atoms. The van der Waals surface area contributed by atoms with E-state index in [2.05, 4.69) is 9.97 Å². The summed E-state index contributed by atoms with van der Waals surface area (Å²) in [4.78, 5) is 29.4. The number of aliphatic carboxylic acids is 1. The van der Waals surface area contributed by atoms with Gasteiger partial charge in [-0.05, 0) is 32.6 Å². The Morgan fingerprint density at radius 3 is 2.82 bits per heavy atom. The van der Waals surface area contributed by atoms with Gasteiger partial charge in [0, 0.05) is 17.9 Å². The number of carboxylic acids is 1. The molecule has 0 atom stereocenters. The second-order valence-electron chi connectivity index (χ2n) is 4.54. The molecule has 0 aliphatic heterocycles. The first-order valence-electron chi connectivity index (χ1n) is 5.89. The number of aromatic amines is 1. The standard InChI is InChI=1S/C12H16N2O3/c1-7-9(3-2-4-10(15)16)13-11(8-5-6-8)14-12(7)17/h8H,2-6H2,1H3,(H,15,16)(H,13,14,17). The number of hydrogen-bond acceptors (Lipinski definition) is 3. The highest BCUT2D eigenvalue weighted by Crippen LogP contribution is 2.37. The first-order valence-corrected chi connectivity index (χ1v) is 5.89. The molecule has 1 aliphatic rings. The largest absolute Gasteiger partial charge is 0.481 e. The van der Waals surface area contributed by atoms with E-state index in [0.29, 0.717) is 24.3 Å². The maximum atomic E-state index is 11.7. The Balaban J connectivity index is 2.14. The van der Waals surface area contributed by atoms with Gasteiger partial charge in [-0.1, -0.05) is 0 Å². The number of nitrogens with zero attached hydrogens (tertiary/aromatic N) is 1. The number of carbonyl (C=O) groups is 1. The summed E-state index contributed by atoms with van der Waals surface area (Å²) in [6.07, 6.45) is 3.37. The van der Waals surface area contributed by atoms with E-state index in [1.165, 1.54) is 0 Å². The highest BCUT2D eigenvalue weighted by molar-refractivity contribution is 5.66. The summed E-state index contributed by atoms with van der Waals surface area (Å²) >= 11 is 0. The van der Waals surface area contributed by atoms with Crippen LogP contribution in [-0.2, 0) is 11.2 Å². The lowest BCUT2D eigenvalue weighted by Crippen LogP contribution is -2.17. The van der Waals surface area contributed by atoms with E-state index in [0.717, 1.165) is 24.4 Å². The molecule has 5 nitrogen and oxygen atoms in total. The number of rotatable bonds is 5. The molecular weight excluding hydrogens is 220 g/mol. The van der Waals surface area contributed by atoms with Gasteiger partial charge in [-0.3, -0.25) is 9.59 Å². The van der Waals surface area contributed by atoms with Crippen molar-refractivity contribution in [3.63, 3.8) is 0 Å². The third kappa shape index (κ3) is 2.93. The average Bonchev–Trinajstić information content (AvgIpc) is 3.07. The molecule has 0 spiro atoms. The Morgan fingerprint density at radius 1 is 1.53 bits per heavy atom. The lowest BCUT2D eigenvalue weighted by molar-refractivity contribution is -0.137. The van der Waals surface area contributed by atoms with Crippen molar-refractivity contribution in [1.29, 1.82) is 0 Å². The van der Waals surface area contributed by atoms with Gasteiger partial charge in [-0.2, -0.15) is 0 Å². The summed E-state index contributed by atoms with van der Waals surface area (Å²) in [7, 11) is 0. The molecule has 1 saturated carbocycles. The predicted molar refractivity (Wildman–Crippen MR) is 62.1 cm³/mol. The van der Waals surface area contributed by atoms with E-state index in [1.807, 2.05) is 0 Å². The van der Waals surface area contributed by atoms with Gasteiger partial charge in [0.2, 0.25) is 0 Å². The fourth-order valence-electron chi connectivity index (χ4n) is 1.80. The Hall–Kier alpha value is -1.65. The van der Waals surface area contributed by atoms with Crippen LogP contribution in [0.5, 0.6) is 0 Å². The SMILES string of the molecule is Cc1c(CCCC(=O)O)nc(C2CC2)[nH]c1=O. The summed E-state index contributed by atoms with van der Waals surface area (Å²) < 4.78 is 0. The van der Waals surface area contributed by atoms with Gasteiger partial charge in [-0.25, -0.2) is 4.98 Å². The minimum absolute atomic E-state index is 0.0905. The van der Waals surface area contributed by atoms with Crippen molar-refractivity contribution in [3.8, 4) is 0 Å².